The fourth-order valence-electron chi connectivity index (χ4n) is 2.00. The molecule has 0 aromatic heterocycles. The van der Waals surface area contributed by atoms with Crippen molar-refractivity contribution in [2.75, 3.05) is 7.11 Å². The number of esters is 1. The summed E-state index contributed by atoms with van der Waals surface area (Å²) in [5.74, 6) is -5.25. The van der Waals surface area contributed by atoms with E-state index >= 15 is 0 Å². The van der Waals surface area contributed by atoms with Gasteiger partial charge in [0, 0.05) is 0 Å². The summed E-state index contributed by atoms with van der Waals surface area (Å²) in [5.41, 5.74) is -0.613. The number of carbonyl (C=O) groups excluding carboxylic acids is 1. The Morgan fingerprint density at radius 2 is 1.76 bits per heavy atom. The average Bonchev–Trinajstić information content (AvgIpc) is 2.57. The molecule has 0 fully saturated rings. The SMILES string of the molecule is C=Cc1cc(I)c(OC(=O)c2cc(F)c(F)cc2C(=O)O)c(OC)c1. The molecule has 0 heterocycles. The van der Waals surface area contributed by atoms with E-state index in [4.69, 9.17) is 14.6 Å². The minimum atomic E-state index is -1.59. The van der Waals surface area contributed by atoms with Gasteiger partial charge in [-0.3, -0.25) is 0 Å². The summed E-state index contributed by atoms with van der Waals surface area (Å²) in [7, 11) is 1.36. The third-order valence-corrected chi connectivity index (χ3v) is 3.99. The minimum absolute atomic E-state index is 0.0276. The predicted octanol–water partition coefficient (Wildman–Crippen LogP) is 4.14. The molecule has 1 N–H and O–H groups in total. The Morgan fingerprint density at radius 3 is 2.28 bits per heavy atom. The van der Waals surface area contributed by atoms with Gasteiger partial charge in [0.15, 0.2) is 23.1 Å². The Morgan fingerprint density at radius 1 is 1.16 bits per heavy atom. The molecule has 0 aliphatic rings. The van der Waals surface area contributed by atoms with Crippen molar-refractivity contribution in [3.63, 3.8) is 0 Å². The third kappa shape index (κ3) is 3.95. The van der Waals surface area contributed by atoms with Gasteiger partial charge in [0.1, 0.15) is 0 Å². The topological polar surface area (TPSA) is 72.8 Å². The van der Waals surface area contributed by atoms with Gasteiger partial charge >= 0.3 is 11.9 Å². The first-order valence-corrected chi connectivity index (χ1v) is 7.80. The van der Waals surface area contributed by atoms with E-state index in [1.165, 1.54) is 7.11 Å². The third-order valence-electron chi connectivity index (χ3n) is 3.19. The van der Waals surface area contributed by atoms with Crippen LogP contribution < -0.4 is 9.47 Å². The van der Waals surface area contributed by atoms with E-state index in [1.807, 2.05) is 22.6 Å². The molecule has 2 aromatic rings. The Balaban J connectivity index is 2.49. The first-order valence-electron chi connectivity index (χ1n) is 6.73. The summed E-state index contributed by atoms with van der Waals surface area (Å²) in [6, 6.07) is 4.12. The fraction of sp³-hybridized carbons (Fsp3) is 0.0588. The van der Waals surface area contributed by atoms with Crippen molar-refractivity contribution >= 4 is 40.6 Å². The molecular weight excluding hydrogens is 449 g/mol. The summed E-state index contributed by atoms with van der Waals surface area (Å²) in [6.45, 7) is 3.63. The largest absolute Gasteiger partial charge is 0.493 e. The van der Waals surface area contributed by atoms with Crippen LogP contribution in [0.25, 0.3) is 6.08 Å². The van der Waals surface area contributed by atoms with Crippen LogP contribution in [0.4, 0.5) is 8.78 Å². The number of carboxylic acids is 1. The molecule has 0 aliphatic carbocycles. The molecule has 0 atom stereocenters. The van der Waals surface area contributed by atoms with Gasteiger partial charge in [0.05, 0.1) is 21.8 Å². The van der Waals surface area contributed by atoms with Gasteiger partial charge in [-0.2, -0.15) is 0 Å². The van der Waals surface area contributed by atoms with Gasteiger partial charge in [-0.05, 0) is 52.4 Å². The van der Waals surface area contributed by atoms with Crippen molar-refractivity contribution in [1.82, 2.24) is 0 Å². The second-order valence-electron chi connectivity index (χ2n) is 4.74. The number of ether oxygens (including phenoxy) is 2. The average molecular weight is 460 g/mol. The van der Waals surface area contributed by atoms with E-state index in [0.717, 1.165) is 0 Å². The van der Waals surface area contributed by atoms with E-state index in [1.54, 1.807) is 18.2 Å². The number of hydrogen-bond donors (Lipinski definition) is 1. The molecule has 0 aliphatic heterocycles. The molecule has 0 bridgehead atoms. The molecule has 0 saturated heterocycles. The van der Waals surface area contributed by atoms with Crippen LogP contribution in [-0.2, 0) is 0 Å². The molecule has 2 rings (SSSR count). The molecule has 0 amide bonds. The van der Waals surface area contributed by atoms with E-state index < -0.39 is 34.7 Å². The fourth-order valence-corrected chi connectivity index (χ4v) is 2.73. The number of benzene rings is 2. The molecule has 0 saturated carbocycles. The van der Waals surface area contributed by atoms with E-state index in [-0.39, 0.29) is 11.5 Å². The molecule has 2 aromatic carbocycles. The zero-order valence-electron chi connectivity index (χ0n) is 12.8. The Hall–Kier alpha value is -2.49. The first kappa shape index (κ1) is 18.8. The number of carbonyl (C=O) groups is 2. The quantitative estimate of drug-likeness (QED) is 0.413. The molecule has 5 nitrogen and oxygen atoms in total. The smallest absolute Gasteiger partial charge is 0.344 e. The van der Waals surface area contributed by atoms with Crippen molar-refractivity contribution in [2.45, 2.75) is 0 Å². The summed E-state index contributed by atoms with van der Waals surface area (Å²) >= 11 is 1.89. The lowest BCUT2D eigenvalue weighted by Crippen LogP contribution is -2.16. The molecule has 0 radical (unpaired) electrons. The number of carboxylic acid groups (broad SMARTS) is 1. The van der Waals surface area contributed by atoms with Gasteiger partial charge in [-0.25, -0.2) is 18.4 Å². The lowest BCUT2D eigenvalue weighted by molar-refractivity contribution is 0.0665. The Bertz CT molecular complexity index is 880. The van der Waals surface area contributed by atoms with Gasteiger partial charge in [-0.15, -0.1) is 0 Å². The van der Waals surface area contributed by atoms with Crippen LogP contribution in [0.15, 0.2) is 30.8 Å². The van der Waals surface area contributed by atoms with Gasteiger partial charge < -0.3 is 14.6 Å². The van der Waals surface area contributed by atoms with E-state index in [0.29, 0.717) is 21.3 Å². The van der Waals surface area contributed by atoms with Crippen LogP contribution in [0.1, 0.15) is 26.3 Å². The van der Waals surface area contributed by atoms with Crippen molar-refractivity contribution in [3.8, 4) is 11.5 Å². The highest BCUT2D eigenvalue weighted by Crippen LogP contribution is 2.35. The van der Waals surface area contributed by atoms with Crippen molar-refractivity contribution < 1.29 is 33.0 Å². The van der Waals surface area contributed by atoms with Crippen molar-refractivity contribution in [1.29, 1.82) is 0 Å². The van der Waals surface area contributed by atoms with Gasteiger partial charge in [-0.1, -0.05) is 12.7 Å². The van der Waals surface area contributed by atoms with Crippen LogP contribution in [0, 0.1) is 15.2 Å². The monoisotopic (exact) mass is 460 g/mol. The van der Waals surface area contributed by atoms with E-state index in [9.17, 15) is 18.4 Å². The van der Waals surface area contributed by atoms with Gasteiger partial charge in [0.2, 0.25) is 0 Å². The Kier molecular flexibility index (Phi) is 5.73. The summed E-state index contributed by atoms with van der Waals surface area (Å²) < 4.78 is 37.5. The van der Waals surface area contributed by atoms with Crippen LogP contribution in [0.3, 0.4) is 0 Å². The van der Waals surface area contributed by atoms with Crippen molar-refractivity contribution in [3.05, 3.63) is 62.7 Å². The zero-order chi connectivity index (χ0) is 18.7. The van der Waals surface area contributed by atoms with Crippen LogP contribution >= 0.6 is 22.6 Å². The number of methoxy groups -OCH3 is 1. The zero-order valence-corrected chi connectivity index (χ0v) is 15.0. The molecule has 0 spiro atoms. The van der Waals surface area contributed by atoms with Crippen LogP contribution in [0.2, 0.25) is 0 Å². The highest BCUT2D eigenvalue weighted by Gasteiger charge is 2.24. The minimum Gasteiger partial charge on any atom is -0.493 e. The van der Waals surface area contributed by atoms with Crippen LogP contribution in [-0.4, -0.2) is 24.2 Å². The van der Waals surface area contributed by atoms with Crippen LogP contribution in [0.5, 0.6) is 11.5 Å². The number of aromatic carboxylic acids is 1. The number of hydrogen-bond acceptors (Lipinski definition) is 4. The maximum absolute atomic E-state index is 13.4. The predicted molar refractivity (Wildman–Crippen MR) is 94.1 cm³/mol. The normalized spacial score (nSPS) is 10.2. The standard InChI is InChI=1S/C17H11F2IO5/c1-3-8-4-13(20)15(14(5-8)24-2)25-17(23)10-7-12(19)11(18)6-9(10)16(21)22/h3-7H,1H2,2H3,(H,21,22). The summed E-state index contributed by atoms with van der Waals surface area (Å²) in [6.07, 6.45) is 1.56. The molecule has 25 heavy (non-hydrogen) atoms. The molecule has 8 heteroatoms. The Labute approximate surface area is 155 Å². The van der Waals surface area contributed by atoms with Crippen molar-refractivity contribution in [2.24, 2.45) is 0 Å². The lowest BCUT2D eigenvalue weighted by atomic mass is 10.1. The first-order chi connectivity index (χ1) is 11.8. The summed E-state index contributed by atoms with van der Waals surface area (Å²) in [5, 5.41) is 9.09. The summed E-state index contributed by atoms with van der Waals surface area (Å²) in [4.78, 5) is 23.5. The number of halogens is 3. The van der Waals surface area contributed by atoms with E-state index in [2.05, 4.69) is 6.58 Å². The highest BCUT2D eigenvalue weighted by atomic mass is 127. The number of rotatable bonds is 5. The maximum Gasteiger partial charge on any atom is 0.344 e. The highest BCUT2D eigenvalue weighted by molar-refractivity contribution is 14.1. The molecule has 0 unspecified atom stereocenters. The maximum atomic E-state index is 13.4. The molecular formula is C17H11F2IO5. The van der Waals surface area contributed by atoms with Gasteiger partial charge in [0.25, 0.3) is 0 Å². The lowest BCUT2D eigenvalue weighted by Gasteiger charge is -2.13. The second-order valence-corrected chi connectivity index (χ2v) is 5.91. The second kappa shape index (κ2) is 7.60. The molecule has 130 valence electrons.